The highest BCUT2D eigenvalue weighted by atomic mass is 35.5. The monoisotopic (exact) mass is 538 g/mol. The van der Waals surface area contributed by atoms with Crippen molar-refractivity contribution in [3.05, 3.63) is 94.8 Å². The van der Waals surface area contributed by atoms with Gasteiger partial charge in [-0.2, -0.15) is 0 Å². The van der Waals surface area contributed by atoms with E-state index in [0.717, 1.165) is 39.4 Å². The maximum absolute atomic E-state index is 13.7. The Kier molecular flexibility index (Phi) is 6.31. The molecule has 2 aliphatic rings. The highest BCUT2D eigenvalue weighted by Crippen LogP contribution is 2.45. The molecule has 3 atom stereocenters. The van der Waals surface area contributed by atoms with Gasteiger partial charge >= 0.3 is 6.03 Å². The van der Waals surface area contributed by atoms with E-state index in [0.29, 0.717) is 29.1 Å². The summed E-state index contributed by atoms with van der Waals surface area (Å²) < 4.78 is 0. The Morgan fingerprint density at radius 1 is 1.05 bits per heavy atom. The van der Waals surface area contributed by atoms with E-state index >= 15 is 0 Å². The number of rotatable bonds is 4. The normalized spacial score (nSPS) is 21.0. The van der Waals surface area contributed by atoms with Crippen LogP contribution in [-0.2, 0) is 4.79 Å². The van der Waals surface area contributed by atoms with Crippen molar-refractivity contribution in [2.24, 2.45) is 11.7 Å². The second-order valence-electron chi connectivity index (χ2n) is 10.3. The molecule has 1 saturated carbocycles. The van der Waals surface area contributed by atoms with E-state index < -0.39 is 11.9 Å². The van der Waals surface area contributed by atoms with Crippen molar-refractivity contribution in [2.45, 2.75) is 38.1 Å². The van der Waals surface area contributed by atoms with Gasteiger partial charge in [-0.3, -0.25) is 14.6 Å². The third kappa shape index (κ3) is 4.33. The number of imide groups is 1. The number of carbonyl (C=O) groups is 3. The molecule has 4 aromatic rings. The number of nitrogens with one attached hydrogen (secondary N) is 1. The number of pyridine rings is 1. The van der Waals surface area contributed by atoms with Crippen LogP contribution < -0.4 is 16.0 Å². The number of fused-ring (bicyclic) bond motifs is 2. The molecule has 2 fully saturated rings. The molecule has 1 aromatic heterocycles. The molecule has 6 rings (SSSR count). The first kappa shape index (κ1) is 25.1. The summed E-state index contributed by atoms with van der Waals surface area (Å²) in [6.45, 7) is 1.86. The molecule has 3 N–H and O–H groups in total. The Balaban J connectivity index is 1.30. The van der Waals surface area contributed by atoms with E-state index in [2.05, 4.69) is 10.3 Å². The van der Waals surface area contributed by atoms with Crippen LogP contribution in [-0.4, -0.2) is 28.9 Å². The number of aromatic nitrogens is 1. The molecule has 4 amide bonds. The van der Waals surface area contributed by atoms with E-state index in [1.807, 2.05) is 61.5 Å². The highest BCUT2D eigenvalue weighted by molar-refractivity contribution is 6.32. The molecule has 3 aromatic carbocycles. The number of urea groups is 1. The van der Waals surface area contributed by atoms with Gasteiger partial charge in [0, 0.05) is 33.6 Å². The number of amides is 4. The summed E-state index contributed by atoms with van der Waals surface area (Å²) in [6, 6.07) is 18.2. The topological polar surface area (TPSA) is 105 Å². The molecule has 0 bridgehead atoms. The molecule has 2 heterocycles. The van der Waals surface area contributed by atoms with Crippen molar-refractivity contribution in [2.75, 3.05) is 4.90 Å². The minimum Gasteiger partial charge on any atom is -0.366 e. The standard InChI is InChI=1S/C31H27ClN4O3/c1-17-13-18(9-11-21(17)29(33)37)23-7-4-8-25(32)28(23)19-10-12-24-26(14-19)35-31(39)36(30(24)38)27-16-34-15-20-5-2-3-6-22(20)27/h2-9,11,13,15-16,19,24,26H,10,12,14H2,1H3,(H2,33,37)(H,35,39). The molecule has 1 aliphatic carbocycles. The lowest BCUT2D eigenvalue weighted by Crippen LogP contribution is -2.61. The Hall–Kier alpha value is -4.23. The maximum atomic E-state index is 13.7. The predicted octanol–water partition coefficient (Wildman–Crippen LogP) is 5.97. The van der Waals surface area contributed by atoms with Crippen molar-refractivity contribution in [3.8, 4) is 11.1 Å². The number of nitrogens with zero attached hydrogens (tertiary/aromatic N) is 2. The van der Waals surface area contributed by atoms with E-state index in [1.165, 1.54) is 4.90 Å². The van der Waals surface area contributed by atoms with Gasteiger partial charge in [-0.1, -0.05) is 60.1 Å². The quantitative estimate of drug-likeness (QED) is 0.334. The molecule has 1 aliphatic heterocycles. The molecule has 0 radical (unpaired) electrons. The number of primary amides is 1. The van der Waals surface area contributed by atoms with Gasteiger partial charge in [-0.05, 0) is 66.5 Å². The van der Waals surface area contributed by atoms with Crippen molar-refractivity contribution in [1.82, 2.24) is 10.3 Å². The Bertz CT molecular complexity index is 1650. The highest BCUT2D eigenvalue weighted by Gasteiger charge is 2.46. The van der Waals surface area contributed by atoms with Gasteiger partial charge in [-0.25, -0.2) is 9.69 Å². The fraction of sp³-hybridized carbons (Fsp3) is 0.226. The van der Waals surface area contributed by atoms with Crippen molar-refractivity contribution in [3.63, 3.8) is 0 Å². The smallest absolute Gasteiger partial charge is 0.329 e. The molecule has 39 heavy (non-hydrogen) atoms. The molecular weight excluding hydrogens is 512 g/mol. The van der Waals surface area contributed by atoms with Gasteiger partial charge < -0.3 is 11.1 Å². The molecule has 196 valence electrons. The molecule has 0 spiro atoms. The summed E-state index contributed by atoms with van der Waals surface area (Å²) in [5, 5.41) is 5.43. The van der Waals surface area contributed by atoms with Crippen LogP contribution in [0.5, 0.6) is 0 Å². The minimum absolute atomic E-state index is 0.0462. The van der Waals surface area contributed by atoms with Crippen LogP contribution in [0.4, 0.5) is 10.5 Å². The van der Waals surface area contributed by atoms with Gasteiger partial charge in [0.2, 0.25) is 11.8 Å². The largest absolute Gasteiger partial charge is 0.366 e. The van der Waals surface area contributed by atoms with Crippen LogP contribution in [0.3, 0.4) is 0 Å². The Morgan fingerprint density at radius 3 is 2.67 bits per heavy atom. The average Bonchev–Trinajstić information content (AvgIpc) is 2.92. The van der Waals surface area contributed by atoms with Crippen LogP contribution in [0.2, 0.25) is 5.02 Å². The third-order valence-electron chi connectivity index (χ3n) is 8.05. The lowest BCUT2D eigenvalue weighted by molar-refractivity contribution is -0.124. The summed E-state index contributed by atoms with van der Waals surface area (Å²) in [5.41, 5.74) is 10.2. The first-order valence-corrected chi connectivity index (χ1v) is 13.4. The Labute approximate surface area is 231 Å². The number of halogens is 1. The molecular formula is C31H27ClN4O3. The van der Waals surface area contributed by atoms with Crippen molar-refractivity contribution < 1.29 is 14.4 Å². The zero-order valence-electron chi connectivity index (χ0n) is 21.4. The summed E-state index contributed by atoms with van der Waals surface area (Å²) in [5.74, 6) is -0.946. The number of hydrogen-bond acceptors (Lipinski definition) is 4. The van der Waals surface area contributed by atoms with Crippen LogP contribution in [0.1, 0.15) is 46.7 Å². The molecule has 8 heteroatoms. The summed E-state index contributed by atoms with van der Waals surface area (Å²) in [6.07, 6.45) is 5.27. The lowest BCUT2D eigenvalue weighted by Gasteiger charge is -2.43. The van der Waals surface area contributed by atoms with E-state index in [9.17, 15) is 14.4 Å². The van der Waals surface area contributed by atoms with Gasteiger partial charge in [0.15, 0.2) is 0 Å². The van der Waals surface area contributed by atoms with Crippen LogP contribution >= 0.6 is 11.6 Å². The SMILES string of the molecule is Cc1cc(-c2cccc(Cl)c2C2CCC3C(=O)N(c4cncc5ccccc45)C(=O)NC3C2)ccc1C(N)=O. The van der Waals surface area contributed by atoms with E-state index in [1.54, 1.807) is 18.5 Å². The second kappa shape index (κ2) is 9.82. The first-order chi connectivity index (χ1) is 18.8. The molecule has 1 saturated heterocycles. The third-order valence-corrected chi connectivity index (χ3v) is 8.38. The van der Waals surface area contributed by atoms with Crippen LogP contribution in [0.25, 0.3) is 21.9 Å². The average molecular weight is 539 g/mol. The van der Waals surface area contributed by atoms with Gasteiger partial charge in [-0.15, -0.1) is 0 Å². The van der Waals surface area contributed by atoms with Gasteiger partial charge in [0.25, 0.3) is 0 Å². The zero-order valence-corrected chi connectivity index (χ0v) is 22.1. The summed E-state index contributed by atoms with van der Waals surface area (Å²) in [4.78, 5) is 44.3. The first-order valence-electron chi connectivity index (χ1n) is 13.0. The Morgan fingerprint density at radius 2 is 1.87 bits per heavy atom. The fourth-order valence-electron chi connectivity index (χ4n) is 6.20. The summed E-state index contributed by atoms with van der Waals surface area (Å²) >= 11 is 6.78. The number of hydrogen-bond donors (Lipinski definition) is 2. The van der Waals surface area contributed by atoms with Crippen molar-refractivity contribution in [1.29, 1.82) is 0 Å². The molecule has 7 nitrogen and oxygen atoms in total. The number of carbonyl (C=O) groups excluding carboxylic acids is 3. The van der Waals surface area contributed by atoms with Crippen LogP contribution in [0, 0.1) is 12.8 Å². The van der Waals surface area contributed by atoms with E-state index in [4.69, 9.17) is 17.3 Å². The minimum atomic E-state index is -0.463. The number of anilines is 1. The van der Waals surface area contributed by atoms with Crippen LogP contribution in [0.15, 0.2) is 73.1 Å². The van der Waals surface area contributed by atoms with E-state index in [-0.39, 0.29) is 23.8 Å². The number of aryl methyl sites for hydroxylation is 1. The summed E-state index contributed by atoms with van der Waals surface area (Å²) in [7, 11) is 0. The zero-order chi connectivity index (χ0) is 27.3. The predicted molar refractivity (Wildman–Crippen MR) is 152 cm³/mol. The molecule has 3 unspecified atom stereocenters. The number of nitrogens with two attached hydrogens (primary N) is 1. The fourth-order valence-corrected chi connectivity index (χ4v) is 6.52. The lowest BCUT2D eigenvalue weighted by atomic mass is 9.72. The second-order valence-corrected chi connectivity index (χ2v) is 10.7. The number of benzene rings is 3. The van der Waals surface area contributed by atoms with Gasteiger partial charge in [0.1, 0.15) is 0 Å². The van der Waals surface area contributed by atoms with Crippen molar-refractivity contribution >= 4 is 45.9 Å². The maximum Gasteiger partial charge on any atom is 0.329 e. The van der Waals surface area contributed by atoms with Gasteiger partial charge in [0.05, 0.1) is 17.8 Å².